The lowest BCUT2D eigenvalue weighted by Gasteiger charge is -2.69. The van der Waals surface area contributed by atoms with E-state index in [1.165, 1.54) is 18.4 Å². The first-order chi connectivity index (χ1) is 16.8. The summed E-state index contributed by atoms with van der Waals surface area (Å²) in [6.45, 7) is 14.2. The van der Waals surface area contributed by atoms with E-state index >= 15 is 0 Å². The van der Waals surface area contributed by atoms with E-state index in [4.69, 9.17) is 0 Å². The van der Waals surface area contributed by atoms with Crippen molar-refractivity contribution < 1.29 is 15.0 Å². The van der Waals surface area contributed by atoms with Gasteiger partial charge in [-0.1, -0.05) is 47.1 Å². The number of hydrogen-bond acceptors (Lipinski definition) is 4. The first kappa shape index (κ1) is 26.0. The molecule has 0 heterocycles. The van der Waals surface area contributed by atoms with Gasteiger partial charge in [0.1, 0.15) is 5.76 Å². The summed E-state index contributed by atoms with van der Waals surface area (Å²) in [5, 5.41) is 30.3. The average Bonchev–Trinajstić information content (AvgIpc) is 2.82. The van der Waals surface area contributed by atoms with Crippen LogP contribution in [0.4, 0.5) is 0 Å². The third kappa shape index (κ3) is 3.30. The summed E-state index contributed by atoms with van der Waals surface area (Å²) < 4.78 is 0. The molecule has 2 N–H and O–H groups in total. The predicted octanol–water partition coefficient (Wildman–Crippen LogP) is 7.30. The second-order valence-corrected chi connectivity index (χ2v) is 14.9. The molecule has 0 radical (unpaired) electrons. The van der Waals surface area contributed by atoms with E-state index in [0.717, 1.165) is 44.9 Å². The van der Waals surface area contributed by atoms with Gasteiger partial charge >= 0.3 is 0 Å². The lowest BCUT2D eigenvalue weighted by Crippen LogP contribution is -2.64. The zero-order chi connectivity index (χ0) is 26.3. The normalized spacial score (nSPS) is 47.6. The van der Waals surface area contributed by atoms with Gasteiger partial charge in [0, 0.05) is 18.4 Å². The standard InChI is InChI=1S/C32H47NO3/c1-20-22-8-10-30(5)25(29(22,4)17-21(19-33)27(20)36)16-24(35)26-23-18-28(2,3)11-13-32(23,9-7-15-34)14-12-31(26,30)6/h16,20,22-23,26,34,36H,7-15,17-18H2,1-6H3/t20-,22-,23?,26?,29-,30+,31+,32+/m0/s1. The van der Waals surface area contributed by atoms with Crippen LogP contribution in [0.25, 0.3) is 0 Å². The molecule has 0 aliphatic heterocycles. The van der Waals surface area contributed by atoms with Crippen molar-refractivity contribution in [3.8, 4) is 6.07 Å². The lowest BCUT2D eigenvalue weighted by atomic mass is 9.34. The van der Waals surface area contributed by atoms with Crippen LogP contribution in [0.1, 0.15) is 106 Å². The molecule has 5 aliphatic rings. The Labute approximate surface area is 218 Å². The molecule has 198 valence electrons. The molecule has 4 heteroatoms. The first-order valence-corrected chi connectivity index (χ1v) is 14.5. The number of aliphatic hydroxyl groups excluding tert-OH is 2. The topological polar surface area (TPSA) is 81.3 Å². The smallest absolute Gasteiger partial charge is 0.159 e. The van der Waals surface area contributed by atoms with Gasteiger partial charge in [0.2, 0.25) is 0 Å². The number of carbonyl (C=O) groups is 1. The van der Waals surface area contributed by atoms with E-state index in [1.54, 1.807) is 0 Å². The highest BCUT2D eigenvalue weighted by atomic mass is 16.3. The van der Waals surface area contributed by atoms with Crippen molar-refractivity contribution in [2.24, 2.45) is 50.7 Å². The fraction of sp³-hybridized carbons (Fsp3) is 0.812. The summed E-state index contributed by atoms with van der Waals surface area (Å²) >= 11 is 0. The van der Waals surface area contributed by atoms with E-state index < -0.39 is 0 Å². The number of allylic oxidation sites excluding steroid dienone is 4. The van der Waals surface area contributed by atoms with Gasteiger partial charge in [-0.2, -0.15) is 5.26 Å². The fourth-order valence-electron chi connectivity index (χ4n) is 10.5. The van der Waals surface area contributed by atoms with Crippen molar-refractivity contribution in [1.29, 1.82) is 5.26 Å². The maximum atomic E-state index is 14.4. The second kappa shape index (κ2) is 8.20. The van der Waals surface area contributed by atoms with Crippen LogP contribution in [0.2, 0.25) is 0 Å². The third-order valence-corrected chi connectivity index (χ3v) is 12.8. The van der Waals surface area contributed by atoms with Crippen LogP contribution in [0.5, 0.6) is 0 Å². The maximum Gasteiger partial charge on any atom is 0.159 e. The Bertz CT molecular complexity index is 1060. The van der Waals surface area contributed by atoms with Gasteiger partial charge in [-0.05, 0) is 109 Å². The van der Waals surface area contributed by atoms with Crippen LogP contribution in [0, 0.1) is 62.1 Å². The van der Waals surface area contributed by atoms with E-state index in [1.807, 2.05) is 6.08 Å². The molecule has 0 saturated heterocycles. The second-order valence-electron chi connectivity index (χ2n) is 14.9. The minimum Gasteiger partial charge on any atom is -0.511 e. The number of aliphatic hydroxyl groups is 2. The van der Waals surface area contributed by atoms with Crippen molar-refractivity contribution in [2.75, 3.05) is 6.61 Å². The average molecular weight is 494 g/mol. The van der Waals surface area contributed by atoms with Crippen molar-refractivity contribution in [2.45, 2.75) is 106 Å². The molecule has 0 amide bonds. The van der Waals surface area contributed by atoms with E-state index in [0.29, 0.717) is 23.7 Å². The van der Waals surface area contributed by atoms with Crippen molar-refractivity contribution in [1.82, 2.24) is 0 Å². The van der Waals surface area contributed by atoms with Gasteiger partial charge in [0.15, 0.2) is 5.78 Å². The van der Waals surface area contributed by atoms with Gasteiger partial charge in [0.05, 0.1) is 11.6 Å². The largest absolute Gasteiger partial charge is 0.511 e. The van der Waals surface area contributed by atoms with Crippen LogP contribution in [-0.2, 0) is 4.79 Å². The number of hydrogen-bond donors (Lipinski definition) is 2. The summed E-state index contributed by atoms with van der Waals surface area (Å²) in [6, 6.07) is 2.30. The Balaban J connectivity index is 1.63. The summed E-state index contributed by atoms with van der Waals surface area (Å²) in [5.41, 5.74) is 1.71. The summed E-state index contributed by atoms with van der Waals surface area (Å²) in [5.74, 6) is 1.17. The maximum absolute atomic E-state index is 14.4. The summed E-state index contributed by atoms with van der Waals surface area (Å²) in [4.78, 5) is 14.4. The molecule has 0 aromatic heterocycles. The Morgan fingerprint density at radius 3 is 2.42 bits per heavy atom. The molecule has 0 spiro atoms. The highest BCUT2D eigenvalue weighted by molar-refractivity contribution is 5.95. The number of nitrogens with zero attached hydrogens (tertiary/aromatic N) is 1. The molecule has 5 rings (SSSR count). The molecule has 5 aliphatic carbocycles. The SMILES string of the molecule is C[C@@H]1C(O)=C(C#N)C[C@]2(C)C3=CC(=O)C4C5CC(C)(C)CC[C@]5(CCCO)CC[C@@]4(C)[C@]3(C)CC[C@@H]12. The molecule has 0 aromatic rings. The Morgan fingerprint density at radius 2 is 1.75 bits per heavy atom. The molecular weight excluding hydrogens is 446 g/mol. The Hall–Kier alpha value is -1.60. The van der Waals surface area contributed by atoms with Gasteiger partial charge in [-0.3, -0.25) is 4.79 Å². The molecule has 0 aromatic carbocycles. The van der Waals surface area contributed by atoms with E-state index in [2.05, 4.69) is 47.6 Å². The van der Waals surface area contributed by atoms with Crippen molar-refractivity contribution in [3.05, 3.63) is 23.0 Å². The van der Waals surface area contributed by atoms with Crippen LogP contribution >= 0.6 is 0 Å². The lowest BCUT2D eigenvalue weighted by molar-refractivity contribution is -0.172. The molecule has 4 nitrogen and oxygen atoms in total. The zero-order valence-corrected chi connectivity index (χ0v) is 23.4. The zero-order valence-electron chi connectivity index (χ0n) is 23.4. The number of ketones is 1. The molecule has 8 atom stereocenters. The highest BCUT2D eigenvalue weighted by Gasteiger charge is 2.68. The minimum atomic E-state index is -0.273. The molecule has 3 fully saturated rings. The number of carbonyl (C=O) groups excluding carboxylic acids is 1. The molecule has 2 unspecified atom stereocenters. The Kier molecular flexibility index (Phi) is 5.93. The van der Waals surface area contributed by atoms with Crippen molar-refractivity contribution >= 4 is 5.78 Å². The van der Waals surface area contributed by atoms with Crippen LogP contribution in [0.15, 0.2) is 23.0 Å². The molecular formula is C32H47NO3. The number of fused-ring (bicyclic) bond motifs is 7. The number of rotatable bonds is 3. The van der Waals surface area contributed by atoms with E-state index in [9.17, 15) is 20.3 Å². The monoisotopic (exact) mass is 493 g/mol. The molecule has 0 bridgehead atoms. The van der Waals surface area contributed by atoms with Gasteiger partial charge in [-0.15, -0.1) is 0 Å². The summed E-state index contributed by atoms with van der Waals surface area (Å²) in [6.07, 6.45) is 12.2. The summed E-state index contributed by atoms with van der Waals surface area (Å²) in [7, 11) is 0. The van der Waals surface area contributed by atoms with Gasteiger partial charge in [-0.25, -0.2) is 0 Å². The first-order valence-electron chi connectivity index (χ1n) is 14.5. The number of nitriles is 1. The highest BCUT2D eigenvalue weighted by Crippen LogP contribution is 2.74. The minimum absolute atomic E-state index is 0.0267. The van der Waals surface area contributed by atoms with E-state index in [-0.39, 0.29) is 57.2 Å². The fourth-order valence-corrected chi connectivity index (χ4v) is 10.5. The third-order valence-electron chi connectivity index (χ3n) is 12.8. The molecule has 3 saturated carbocycles. The predicted molar refractivity (Wildman–Crippen MR) is 142 cm³/mol. The van der Waals surface area contributed by atoms with Gasteiger partial charge in [0.25, 0.3) is 0 Å². The van der Waals surface area contributed by atoms with Crippen LogP contribution in [0.3, 0.4) is 0 Å². The molecule has 36 heavy (non-hydrogen) atoms. The van der Waals surface area contributed by atoms with Crippen LogP contribution in [-0.4, -0.2) is 22.6 Å². The quantitative estimate of drug-likeness (QED) is 0.432. The van der Waals surface area contributed by atoms with Gasteiger partial charge < -0.3 is 10.2 Å². The van der Waals surface area contributed by atoms with Crippen molar-refractivity contribution in [3.63, 3.8) is 0 Å². The Morgan fingerprint density at radius 1 is 1.06 bits per heavy atom. The van der Waals surface area contributed by atoms with Crippen LogP contribution < -0.4 is 0 Å².